The predicted octanol–water partition coefficient (Wildman–Crippen LogP) is 3.24. The lowest BCUT2D eigenvalue weighted by atomic mass is 10.0. The van der Waals surface area contributed by atoms with Crippen LogP contribution >= 0.6 is 0 Å². The van der Waals surface area contributed by atoms with Gasteiger partial charge in [0.2, 0.25) is 0 Å². The van der Waals surface area contributed by atoms with E-state index in [0.29, 0.717) is 0 Å². The zero-order valence-corrected chi connectivity index (χ0v) is 10.5. The molecule has 0 N–H and O–H groups in total. The Morgan fingerprint density at radius 1 is 1.19 bits per heavy atom. The Bertz CT molecular complexity index is 430. The molecular formula is C16H22. The lowest BCUT2D eigenvalue weighted by molar-refractivity contribution is 0.540. The average Bonchev–Trinajstić information content (AvgIpc) is 2.79. The Kier molecular flexibility index (Phi) is 3.82. The molecule has 1 aromatic carbocycles. The summed E-state index contributed by atoms with van der Waals surface area (Å²) in [5.41, 5.74) is 1.68. The van der Waals surface area contributed by atoms with E-state index in [1.54, 1.807) is 5.57 Å². The van der Waals surface area contributed by atoms with E-state index in [1.165, 1.54) is 36.1 Å². The van der Waals surface area contributed by atoms with E-state index in [9.17, 15) is 0 Å². The SMILES string of the molecule is CCC=c1ccc(=C2CCC(CC)C2)cc1. The van der Waals surface area contributed by atoms with E-state index in [2.05, 4.69) is 44.2 Å². The molecule has 0 amide bonds. The summed E-state index contributed by atoms with van der Waals surface area (Å²) in [6, 6.07) is 9.11. The minimum Gasteiger partial charge on any atom is -0.0775 e. The van der Waals surface area contributed by atoms with Gasteiger partial charge < -0.3 is 0 Å². The van der Waals surface area contributed by atoms with Crippen LogP contribution in [-0.4, -0.2) is 0 Å². The van der Waals surface area contributed by atoms with Crippen molar-refractivity contribution in [3.8, 4) is 0 Å². The van der Waals surface area contributed by atoms with Gasteiger partial charge >= 0.3 is 0 Å². The highest BCUT2D eigenvalue weighted by atomic mass is 14.2. The molecule has 1 atom stereocenters. The number of rotatable bonds is 2. The molecule has 0 spiro atoms. The van der Waals surface area contributed by atoms with Crippen molar-refractivity contribution >= 4 is 11.6 Å². The first-order valence-electron chi connectivity index (χ1n) is 6.61. The topological polar surface area (TPSA) is 0 Å². The van der Waals surface area contributed by atoms with Crippen molar-refractivity contribution in [3.63, 3.8) is 0 Å². The lowest BCUT2D eigenvalue weighted by Crippen LogP contribution is -2.09. The first-order chi connectivity index (χ1) is 7.83. The second-order valence-electron chi connectivity index (χ2n) is 4.86. The number of benzene rings is 1. The van der Waals surface area contributed by atoms with Crippen LogP contribution in [0.4, 0.5) is 0 Å². The summed E-state index contributed by atoms with van der Waals surface area (Å²) >= 11 is 0. The van der Waals surface area contributed by atoms with Crippen LogP contribution in [0.5, 0.6) is 0 Å². The highest BCUT2D eigenvalue weighted by Crippen LogP contribution is 2.32. The normalized spacial score (nSPS) is 20.1. The molecule has 0 heteroatoms. The Morgan fingerprint density at radius 3 is 2.50 bits per heavy atom. The summed E-state index contributed by atoms with van der Waals surface area (Å²) in [4.78, 5) is 0. The molecule has 0 aliphatic heterocycles. The highest BCUT2D eigenvalue weighted by Gasteiger charge is 2.17. The van der Waals surface area contributed by atoms with Gasteiger partial charge in [0.25, 0.3) is 0 Å². The summed E-state index contributed by atoms with van der Waals surface area (Å²) < 4.78 is 0. The van der Waals surface area contributed by atoms with Crippen molar-refractivity contribution in [2.45, 2.75) is 46.0 Å². The van der Waals surface area contributed by atoms with Crippen molar-refractivity contribution in [3.05, 3.63) is 34.7 Å². The standard InChI is InChI=1S/C16H22/c1-3-5-14-7-9-15(10-8-14)16-11-6-13(4-2)12-16/h5,7-10,13H,3-4,6,11-12H2,1-2H3. The lowest BCUT2D eigenvalue weighted by Gasteiger charge is -2.01. The summed E-state index contributed by atoms with van der Waals surface area (Å²) in [6.45, 7) is 4.50. The van der Waals surface area contributed by atoms with Crippen molar-refractivity contribution in [2.24, 2.45) is 5.92 Å². The van der Waals surface area contributed by atoms with Crippen LogP contribution in [0.15, 0.2) is 24.3 Å². The molecule has 1 saturated carbocycles. The largest absolute Gasteiger partial charge is 0.0775 e. The van der Waals surface area contributed by atoms with Gasteiger partial charge in [0, 0.05) is 0 Å². The Hall–Kier alpha value is -1.04. The maximum Gasteiger partial charge on any atom is -0.0264 e. The Labute approximate surface area is 98.7 Å². The molecule has 2 rings (SSSR count). The van der Waals surface area contributed by atoms with Gasteiger partial charge in [-0.15, -0.1) is 0 Å². The van der Waals surface area contributed by atoms with Gasteiger partial charge in [-0.2, -0.15) is 0 Å². The summed E-state index contributed by atoms with van der Waals surface area (Å²) in [5.74, 6) is 0.942. The zero-order valence-electron chi connectivity index (χ0n) is 10.5. The van der Waals surface area contributed by atoms with Gasteiger partial charge in [-0.1, -0.05) is 56.2 Å². The molecule has 0 aromatic heterocycles. The van der Waals surface area contributed by atoms with Gasteiger partial charge in [-0.05, 0) is 42.0 Å². The fourth-order valence-electron chi connectivity index (χ4n) is 2.63. The molecule has 0 heterocycles. The monoisotopic (exact) mass is 214 g/mol. The van der Waals surface area contributed by atoms with E-state index >= 15 is 0 Å². The third-order valence-electron chi connectivity index (χ3n) is 3.73. The van der Waals surface area contributed by atoms with E-state index in [1.807, 2.05) is 0 Å². The third-order valence-corrected chi connectivity index (χ3v) is 3.73. The van der Waals surface area contributed by atoms with E-state index < -0.39 is 0 Å². The summed E-state index contributed by atoms with van der Waals surface area (Å²) in [7, 11) is 0. The van der Waals surface area contributed by atoms with Crippen molar-refractivity contribution in [1.29, 1.82) is 0 Å². The van der Waals surface area contributed by atoms with Gasteiger partial charge in [0.15, 0.2) is 0 Å². The molecule has 1 aliphatic carbocycles. The molecule has 0 radical (unpaired) electrons. The van der Waals surface area contributed by atoms with E-state index in [-0.39, 0.29) is 0 Å². The highest BCUT2D eigenvalue weighted by molar-refractivity contribution is 5.47. The molecule has 0 bridgehead atoms. The second-order valence-corrected chi connectivity index (χ2v) is 4.86. The van der Waals surface area contributed by atoms with Gasteiger partial charge in [-0.25, -0.2) is 0 Å². The van der Waals surface area contributed by atoms with Crippen molar-refractivity contribution in [2.75, 3.05) is 0 Å². The fourth-order valence-corrected chi connectivity index (χ4v) is 2.63. The van der Waals surface area contributed by atoms with E-state index in [0.717, 1.165) is 12.3 Å². The molecule has 0 saturated heterocycles. The van der Waals surface area contributed by atoms with Crippen LogP contribution in [0.1, 0.15) is 46.0 Å². The molecule has 1 aromatic rings. The maximum absolute atomic E-state index is 2.31. The first kappa shape index (κ1) is 11.4. The number of hydrogen-bond acceptors (Lipinski definition) is 0. The summed E-state index contributed by atoms with van der Waals surface area (Å²) in [6.07, 6.45) is 8.77. The maximum atomic E-state index is 2.31. The summed E-state index contributed by atoms with van der Waals surface area (Å²) in [5, 5.41) is 2.83. The van der Waals surface area contributed by atoms with Crippen LogP contribution in [0.2, 0.25) is 0 Å². The van der Waals surface area contributed by atoms with Crippen LogP contribution in [0.25, 0.3) is 11.6 Å². The first-order valence-corrected chi connectivity index (χ1v) is 6.61. The van der Waals surface area contributed by atoms with Crippen LogP contribution in [0.3, 0.4) is 0 Å². The molecule has 0 nitrogen and oxygen atoms in total. The second kappa shape index (κ2) is 5.34. The molecule has 1 aliphatic rings. The van der Waals surface area contributed by atoms with Gasteiger partial charge in [-0.3, -0.25) is 0 Å². The van der Waals surface area contributed by atoms with Crippen LogP contribution in [-0.2, 0) is 0 Å². The Balaban J connectivity index is 2.28. The van der Waals surface area contributed by atoms with E-state index in [4.69, 9.17) is 0 Å². The quantitative estimate of drug-likeness (QED) is 0.709. The Morgan fingerprint density at radius 2 is 1.94 bits per heavy atom. The predicted molar refractivity (Wildman–Crippen MR) is 71.5 cm³/mol. The molecular weight excluding hydrogens is 192 g/mol. The van der Waals surface area contributed by atoms with Crippen molar-refractivity contribution in [1.82, 2.24) is 0 Å². The molecule has 86 valence electrons. The van der Waals surface area contributed by atoms with Crippen molar-refractivity contribution < 1.29 is 0 Å². The smallest absolute Gasteiger partial charge is 0.0264 e. The fraction of sp³-hybridized carbons (Fsp3) is 0.500. The molecule has 16 heavy (non-hydrogen) atoms. The van der Waals surface area contributed by atoms with Gasteiger partial charge in [0.05, 0.1) is 0 Å². The molecule has 1 unspecified atom stereocenters. The van der Waals surface area contributed by atoms with Crippen LogP contribution < -0.4 is 10.4 Å². The average molecular weight is 214 g/mol. The van der Waals surface area contributed by atoms with Gasteiger partial charge in [0.1, 0.15) is 0 Å². The zero-order chi connectivity index (χ0) is 11.4. The minimum atomic E-state index is 0.942. The van der Waals surface area contributed by atoms with Crippen LogP contribution in [0, 0.1) is 5.92 Å². The minimum absolute atomic E-state index is 0.942. The molecule has 1 fully saturated rings. The third kappa shape index (κ3) is 2.55. The number of hydrogen-bond donors (Lipinski definition) is 0.